The summed E-state index contributed by atoms with van der Waals surface area (Å²) >= 11 is 0. The predicted molar refractivity (Wildman–Crippen MR) is 104 cm³/mol. The zero-order chi connectivity index (χ0) is 20.0. The van der Waals surface area contributed by atoms with E-state index in [0.717, 1.165) is 12.8 Å². The summed E-state index contributed by atoms with van der Waals surface area (Å²) in [4.78, 5) is 4.35. The molecule has 1 aliphatic rings. The van der Waals surface area contributed by atoms with Gasteiger partial charge in [0.15, 0.2) is 0 Å². The summed E-state index contributed by atoms with van der Waals surface area (Å²) in [5.41, 5.74) is 0.486. The molecule has 0 atom stereocenters. The Morgan fingerprint density at radius 2 is 1.86 bits per heavy atom. The van der Waals surface area contributed by atoms with Gasteiger partial charge in [0.1, 0.15) is 17.9 Å². The zero-order valence-corrected chi connectivity index (χ0v) is 16.5. The summed E-state index contributed by atoms with van der Waals surface area (Å²) in [7, 11) is -3.57. The SMILES string of the molecule is CCOc1ccc(S(=O)(=O)NC2CCC(Oc3ccc(C#N)cn3)CC2)cc1. The lowest BCUT2D eigenvalue weighted by Gasteiger charge is -2.29. The molecular weight excluding hydrogens is 378 g/mol. The van der Waals surface area contributed by atoms with Crippen molar-refractivity contribution in [3.05, 3.63) is 48.2 Å². The van der Waals surface area contributed by atoms with Gasteiger partial charge >= 0.3 is 0 Å². The fourth-order valence-corrected chi connectivity index (χ4v) is 4.46. The highest BCUT2D eigenvalue weighted by Gasteiger charge is 2.27. The number of ether oxygens (including phenoxy) is 2. The molecule has 2 aromatic rings. The van der Waals surface area contributed by atoms with Gasteiger partial charge < -0.3 is 9.47 Å². The van der Waals surface area contributed by atoms with Gasteiger partial charge in [0.05, 0.1) is 17.1 Å². The highest BCUT2D eigenvalue weighted by molar-refractivity contribution is 7.89. The Morgan fingerprint density at radius 1 is 1.14 bits per heavy atom. The number of rotatable bonds is 7. The largest absolute Gasteiger partial charge is 0.494 e. The average molecular weight is 401 g/mol. The number of nitriles is 1. The fourth-order valence-electron chi connectivity index (χ4n) is 3.15. The number of nitrogens with zero attached hydrogens (tertiary/aromatic N) is 2. The highest BCUT2D eigenvalue weighted by Crippen LogP contribution is 2.25. The minimum atomic E-state index is -3.57. The Morgan fingerprint density at radius 3 is 2.43 bits per heavy atom. The van der Waals surface area contributed by atoms with E-state index in [4.69, 9.17) is 14.7 Å². The monoisotopic (exact) mass is 401 g/mol. The van der Waals surface area contributed by atoms with Crippen molar-refractivity contribution in [2.45, 2.75) is 49.6 Å². The maximum absolute atomic E-state index is 12.6. The highest BCUT2D eigenvalue weighted by atomic mass is 32.2. The predicted octanol–water partition coefficient (Wildman–Crippen LogP) is 3.02. The lowest BCUT2D eigenvalue weighted by Crippen LogP contribution is -2.39. The van der Waals surface area contributed by atoms with Gasteiger partial charge in [-0.25, -0.2) is 18.1 Å². The molecule has 0 unspecified atom stereocenters. The van der Waals surface area contributed by atoms with E-state index in [9.17, 15) is 8.42 Å². The normalized spacial score (nSPS) is 19.6. The molecule has 0 amide bonds. The van der Waals surface area contributed by atoms with Crippen LogP contribution in [0.5, 0.6) is 11.6 Å². The molecule has 0 bridgehead atoms. The van der Waals surface area contributed by atoms with Crippen LogP contribution < -0.4 is 14.2 Å². The molecule has 28 heavy (non-hydrogen) atoms. The first-order valence-electron chi connectivity index (χ1n) is 9.28. The minimum absolute atomic E-state index is 0.00772. The van der Waals surface area contributed by atoms with Crippen LogP contribution in [0.15, 0.2) is 47.5 Å². The maximum Gasteiger partial charge on any atom is 0.240 e. The lowest BCUT2D eigenvalue weighted by atomic mass is 9.94. The molecule has 3 rings (SSSR count). The van der Waals surface area contributed by atoms with Gasteiger partial charge in [-0.3, -0.25) is 0 Å². The van der Waals surface area contributed by atoms with Crippen molar-refractivity contribution in [3.8, 4) is 17.7 Å². The quantitative estimate of drug-likeness (QED) is 0.765. The number of sulfonamides is 1. The van der Waals surface area contributed by atoms with Crippen LogP contribution in [0.4, 0.5) is 0 Å². The van der Waals surface area contributed by atoms with Gasteiger partial charge in [0.2, 0.25) is 15.9 Å². The Labute approximate surface area is 165 Å². The third kappa shape index (κ3) is 5.21. The Hall–Kier alpha value is -2.63. The van der Waals surface area contributed by atoms with E-state index in [1.165, 1.54) is 6.20 Å². The smallest absolute Gasteiger partial charge is 0.240 e. The Kier molecular flexibility index (Phi) is 6.49. The summed E-state index contributed by atoms with van der Waals surface area (Å²) in [5, 5.41) is 8.80. The van der Waals surface area contributed by atoms with Crippen LogP contribution in [0, 0.1) is 11.3 Å². The molecule has 148 valence electrons. The summed E-state index contributed by atoms with van der Waals surface area (Å²) in [6, 6.07) is 11.7. The first-order valence-corrected chi connectivity index (χ1v) is 10.8. The topological polar surface area (TPSA) is 101 Å². The van der Waals surface area contributed by atoms with Crippen LogP contribution in [-0.4, -0.2) is 32.2 Å². The van der Waals surface area contributed by atoms with Gasteiger partial charge in [-0.1, -0.05) is 0 Å². The standard InChI is InChI=1S/C20H23N3O4S/c1-2-26-17-8-10-19(11-9-17)28(24,25)23-16-4-6-18(7-5-16)27-20-12-3-15(13-21)14-22-20/h3,8-12,14,16,18,23H,2,4-7H2,1H3. The van der Waals surface area contributed by atoms with Crippen LogP contribution in [-0.2, 0) is 10.0 Å². The van der Waals surface area contributed by atoms with Crippen molar-refractivity contribution in [3.63, 3.8) is 0 Å². The molecule has 1 saturated carbocycles. The summed E-state index contributed by atoms with van der Waals surface area (Å²) in [6.07, 6.45) is 4.32. The third-order valence-electron chi connectivity index (χ3n) is 4.59. The molecule has 1 heterocycles. The molecule has 7 nitrogen and oxygen atoms in total. The molecule has 1 fully saturated rings. The molecule has 1 N–H and O–H groups in total. The van der Waals surface area contributed by atoms with Crippen LogP contribution in [0.2, 0.25) is 0 Å². The van der Waals surface area contributed by atoms with Crippen molar-refractivity contribution < 1.29 is 17.9 Å². The molecule has 0 aliphatic heterocycles. The fraction of sp³-hybridized carbons (Fsp3) is 0.400. The number of nitrogens with one attached hydrogen (secondary N) is 1. The molecule has 1 aromatic heterocycles. The molecule has 1 aromatic carbocycles. The van der Waals surface area contributed by atoms with E-state index in [0.29, 0.717) is 36.6 Å². The second-order valence-corrected chi connectivity index (χ2v) is 8.33. The van der Waals surface area contributed by atoms with Crippen molar-refractivity contribution in [1.29, 1.82) is 5.26 Å². The molecule has 0 saturated heterocycles. The van der Waals surface area contributed by atoms with Crippen molar-refractivity contribution >= 4 is 10.0 Å². The van der Waals surface area contributed by atoms with Gasteiger partial charge in [0, 0.05) is 18.3 Å². The van der Waals surface area contributed by atoms with E-state index < -0.39 is 10.0 Å². The van der Waals surface area contributed by atoms with E-state index in [-0.39, 0.29) is 17.0 Å². The van der Waals surface area contributed by atoms with Gasteiger partial charge in [-0.15, -0.1) is 0 Å². The summed E-state index contributed by atoms with van der Waals surface area (Å²) in [5.74, 6) is 1.13. The molecule has 8 heteroatoms. The lowest BCUT2D eigenvalue weighted by molar-refractivity contribution is 0.138. The van der Waals surface area contributed by atoms with E-state index in [1.807, 2.05) is 13.0 Å². The van der Waals surface area contributed by atoms with Crippen LogP contribution in [0.1, 0.15) is 38.2 Å². The molecular formula is C20H23N3O4S. The number of hydrogen-bond donors (Lipinski definition) is 1. The second-order valence-electron chi connectivity index (χ2n) is 6.61. The Balaban J connectivity index is 1.52. The van der Waals surface area contributed by atoms with E-state index in [2.05, 4.69) is 9.71 Å². The molecule has 0 radical (unpaired) electrons. The number of aromatic nitrogens is 1. The van der Waals surface area contributed by atoms with Crippen molar-refractivity contribution in [2.24, 2.45) is 0 Å². The van der Waals surface area contributed by atoms with Gasteiger partial charge in [0.25, 0.3) is 0 Å². The minimum Gasteiger partial charge on any atom is -0.494 e. The third-order valence-corrected chi connectivity index (χ3v) is 6.13. The molecule has 1 aliphatic carbocycles. The maximum atomic E-state index is 12.6. The van der Waals surface area contributed by atoms with Crippen LogP contribution >= 0.6 is 0 Å². The Bertz CT molecular complexity index is 913. The first-order chi connectivity index (χ1) is 13.5. The van der Waals surface area contributed by atoms with Crippen molar-refractivity contribution in [1.82, 2.24) is 9.71 Å². The van der Waals surface area contributed by atoms with E-state index in [1.54, 1.807) is 36.4 Å². The van der Waals surface area contributed by atoms with Crippen LogP contribution in [0.25, 0.3) is 0 Å². The molecule has 0 spiro atoms. The zero-order valence-electron chi connectivity index (χ0n) is 15.7. The summed E-state index contributed by atoms with van der Waals surface area (Å²) < 4.78 is 39.1. The summed E-state index contributed by atoms with van der Waals surface area (Å²) in [6.45, 7) is 2.41. The first kappa shape index (κ1) is 20.1. The van der Waals surface area contributed by atoms with Crippen LogP contribution in [0.3, 0.4) is 0 Å². The van der Waals surface area contributed by atoms with Crippen molar-refractivity contribution in [2.75, 3.05) is 6.61 Å². The second kappa shape index (κ2) is 9.04. The number of pyridine rings is 1. The number of benzene rings is 1. The van der Waals surface area contributed by atoms with Gasteiger partial charge in [-0.05, 0) is 62.9 Å². The van der Waals surface area contributed by atoms with Gasteiger partial charge in [-0.2, -0.15) is 5.26 Å². The van der Waals surface area contributed by atoms with E-state index >= 15 is 0 Å². The average Bonchev–Trinajstić information content (AvgIpc) is 2.70. The number of hydrogen-bond acceptors (Lipinski definition) is 6.